The predicted molar refractivity (Wildman–Crippen MR) is 83.4 cm³/mol. The molecule has 19 heavy (non-hydrogen) atoms. The molecular formula is C16H17NOS. The number of hydrogen-bond acceptors (Lipinski definition) is 3. The van der Waals surface area contributed by atoms with Gasteiger partial charge in [-0.05, 0) is 48.8 Å². The van der Waals surface area contributed by atoms with Gasteiger partial charge in [0.1, 0.15) is 0 Å². The van der Waals surface area contributed by atoms with Gasteiger partial charge in [0.05, 0.1) is 6.61 Å². The molecule has 0 saturated heterocycles. The van der Waals surface area contributed by atoms with E-state index in [1.54, 1.807) is 0 Å². The van der Waals surface area contributed by atoms with Crippen LogP contribution in [0.5, 0.6) is 0 Å². The van der Waals surface area contributed by atoms with Crippen molar-refractivity contribution in [1.82, 2.24) is 0 Å². The average Bonchev–Trinajstić information content (AvgIpc) is 2.42. The smallest absolute Gasteiger partial charge is 0.191 e. The highest BCUT2D eigenvalue weighted by Gasteiger charge is 2.06. The Balaban J connectivity index is 2.18. The summed E-state index contributed by atoms with van der Waals surface area (Å²) in [6, 6.07) is 16.1. The molecule has 0 aromatic heterocycles. The molecule has 0 fully saturated rings. The Morgan fingerprint density at radius 3 is 2.53 bits per heavy atom. The zero-order chi connectivity index (χ0) is 13.7. The molecule has 2 nitrogen and oxygen atoms in total. The first kappa shape index (κ1) is 13.6. The van der Waals surface area contributed by atoms with Crippen molar-refractivity contribution in [2.75, 3.05) is 12.3 Å². The fraction of sp³-hybridized carbons (Fsp3) is 0.188. The molecule has 2 aromatic rings. The number of anilines is 1. The molecule has 98 valence electrons. The van der Waals surface area contributed by atoms with E-state index in [1.165, 1.54) is 5.56 Å². The molecule has 2 rings (SSSR count). The Hall–Kier alpha value is -1.87. The molecule has 0 unspecified atom stereocenters. The second-order valence-electron chi connectivity index (χ2n) is 4.30. The van der Waals surface area contributed by atoms with Crippen LogP contribution >= 0.6 is 12.2 Å². The van der Waals surface area contributed by atoms with Crippen LogP contribution in [-0.2, 0) is 11.2 Å². The first-order chi connectivity index (χ1) is 9.20. The normalized spacial score (nSPS) is 10.2. The van der Waals surface area contributed by atoms with Crippen molar-refractivity contribution < 1.29 is 4.74 Å². The van der Waals surface area contributed by atoms with Crippen molar-refractivity contribution in [3.63, 3.8) is 0 Å². The standard InChI is InChI=1S/C16H17NOS/c1-2-18-16(19)14-9-8-13(15(17)11-14)10-12-6-4-3-5-7-12/h3-9,11H,2,10,17H2,1H3. The van der Waals surface area contributed by atoms with Gasteiger partial charge in [-0.1, -0.05) is 36.4 Å². The van der Waals surface area contributed by atoms with E-state index in [1.807, 2.05) is 43.3 Å². The van der Waals surface area contributed by atoms with Gasteiger partial charge in [0.15, 0.2) is 5.05 Å². The van der Waals surface area contributed by atoms with E-state index in [9.17, 15) is 0 Å². The second kappa shape index (κ2) is 6.34. The summed E-state index contributed by atoms with van der Waals surface area (Å²) in [5.74, 6) is 0. The summed E-state index contributed by atoms with van der Waals surface area (Å²) in [5.41, 5.74) is 10.1. The maximum absolute atomic E-state index is 6.09. The van der Waals surface area contributed by atoms with Gasteiger partial charge < -0.3 is 10.5 Å². The summed E-state index contributed by atoms with van der Waals surface area (Å²) in [4.78, 5) is 0. The summed E-state index contributed by atoms with van der Waals surface area (Å²) in [5, 5.41) is 0.500. The molecule has 0 amide bonds. The zero-order valence-corrected chi connectivity index (χ0v) is 11.7. The third kappa shape index (κ3) is 3.55. The molecule has 2 aromatic carbocycles. The Bertz CT molecular complexity index is 566. The first-order valence-electron chi connectivity index (χ1n) is 6.30. The summed E-state index contributed by atoms with van der Waals surface area (Å²) in [6.07, 6.45) is 0.828. The van der Waals surface area contributed by atoms with Crippen molar-refractivity contribution >= 4 is 23.0 Å². The second-order valence-corrected chi connectivity index (χ2v) is 4.67. The number of nitrogen functional groups attached to an aromatic ring is 1. The number of benzene rings is 2. The van der Waals surface area contributed by atoms with E-state index < -0.39 is 0 Å². The van der Waals surface area contributed by atoms with Gasteiger partial charge in [0.25, 0.3) is 0 Å². The van der Waals surface area contributed by atoms with Gasteiger partial charge in [-0.2, -0.15) is 0 Å². The van der Waals surface area contributed by atoms with Gasteiger partial charge in [-0.3, -0.25) is 0 Å². The fourth-order valence-electron chi connectivity index (χ4n) is 1.91. The lowest BCUT2D eigenvalue weighted by molar-refractivity contribution is 0.337. The monoisotopic (exact) mass is 271 g/mol. The van der Waals surface area contributed by atoms with Crippen LogP contribution in [0.2, 0.25) is 0 Å². The van der Waals surface area contributed by atoms with E-state index in [4.69, 9.17) is 22.7 Å². The van der Waals surface area contributed by atoms with E-state index in [0.29, 0.717) is 11.7 Å². The van der Waals surface area contributed by atoms with Gasteiger partial charge in [0.2, 0.25) is 0 Å². The molecule has 0 bridgehead atoms. The van der Waals surface area contributed by atoms with E-state index in [2.05, 4.69) is 12.1 Å². The highest BCUT2D eigenvalue weighted by molar-refractivity contribution is 7.80. The quantitative estimate of drug-likeness (QED) is 0.682. The highest BCUT2D eigenvalue weighted by atomic mass is 32.1. The van der Waals surface area contributed by atoms with Crippen molar-refractivity contribution in [3.05, 3.63) is 65.2 Å². The topological polar surface area (TPSA) is 35.2 Å². The molecule has 0 saturated carbocycles. The molecule has 0 radical (unpaired) electrons. The van der Waals surface area contributed by atoms with E-state index >= 15 is 0 Å². The Morgan fingerprint density at radius 2 is 1.89 bits per heavy atom. The van der Waals surface area contributed by atoms with Crippen LogP contribution in [-0.4, -0.2) is 11.7 Å². The van der Waals surface area contributed by atoms with Crippen LogP contribution in [0.15, 0.2) is 48.5 Å². The number of ether oxygens (including phenoxy) is 1. The minimum absolute atomic E-state index is 0.500. The molecule has 0 spiro atoms. The van der Waals surface area contributed by atoms with Gasteiger partial charge in [-0.25, -0.2) is 0 Å². The first-order valence-corrected chi connectivity index (χ1v) is 6.71. The maximum atomic E-state index is 6.09. The minimum Gasteiger partial charge on any atom is -0.483 e. The van der Waals surface area contributed by atoms with E-state index in [-0.39, 0.29) is 0 Å². The predicted octanol–water partition coefficient (Wildman–Crippen LogP) is 3.57. The summed E-state index contributed by atoms with van der Waals surface area (Å²) < 4.78 is 5.32. The number of nitrogens with two attached hydrogens (primary N) is 1. The van der Waals surface area contributed by atoms with Gasteiger partial charge in [-0.15, -0.1) is 0 Å². The van der Waals surface area contributed by atoms with Crippen LogP contribution in [0.25, 0.3) is 0 Å². The van der Waals surface area contributed by atoms with Crippen molar-refractivity contribution in [3.8, 4) is 0 Å². The largest absolute Gasteiger partial charge is 0.483 e. The lowest BCUT2D eigenvalue weighted by Gasteiger charge is -2.10. The summed E-state index contributed by atoms with van der Waals surface area (Å²) >= 11 is 5.17. The molecule has 2 N–H and O–H groups in total. The minimum atomic E-state index is 0.500. The molecule has 0 aliphatic carbocycles. The number of hydrogen-bond donors (Lipinski definition) is 1. The van der Waals surface area contributed by atoms with Crippen LogP contribution in [0, 0.1) is 0 Å². The maximum Gasteiger partial charge on any atom is 0.191 e. The van der Waals surface area contributed by atoms with Crippen LogP contribution in [0.1, 0.15) is 23.6 Å². The molecular weight excluding hydrogens is 254 g/mol. The molecule has 3 heteroatoms. The lowest BCUT2D eigenvalue weighted by atomic mass is 10.0. The summed E-state index contributed by atoms with van der Waals surface area (Å²) in [6.45, 7) is 2.49. The summed E-state index contributed by atoms with van der Waals surface area (Å²) in [7, 11) is 0. The molecule has 0 atom stereocenters. The van der Waals surface area contributed by atoms with Crippen LogP contribution < -0.4 is 5.73 Å². The third-order valence-corrected chi connectivity index (χ3v) is 3.25. The molecule has 0 aliphatic heterocycles. The Kier molecular flexibility index (Phi) is 4.53. The third-order valence-electron chi connectivity index (χ3n) is 2.89. The van der Waals surface area contributed by atoms with E-state index in [0.717, 1.165) is 23.2 Å². The average molecular weight is 271 g/mol. The van der Waals surface area contributed by atoms with Gasteiger partial charge >= 0.3 is 0 Å². The highest BCUT2D eigenvalue weighted by Crippen LogP contribution is 2.19. The number of thiocarbonyl (C=S) groups is 1. The fourth-order valence-corrected chi connectivity index (χ4v) is 2.16. The SMILES string of the molecule is CCOC(=S)c1ccc(Cc2ccccc2)c(N)c1. The Labute approximate surface area is 119 Å². The van der Waals surface area contributed by atoms with Crippen molar-refractivity contribution in [1.29, 1.82) is 0 Å². The van der Waals surface area contributed by atoms with Gasteiger partial charge in [0, 0.05) is 11.3 Å². The molecule has 0 heterocycles. The van der Waals surface area contributed by atoms with Crippen molar-refractivity contribution in [2.45, 2.75) is 13.3 Å². The molecule has 0 aliphatic rings. The van der Waals surface area contributed by atoms with Crippen LogP contribution in [0.3, 0.4) is 0 Å². The lowest BCUT2D eigenvalue weighted by Crippen LogP contribution is -2.05. The Morgan fingerprint density at radius 1 is 1.16 bits per heavy atom. The zero-order valence-electron chi connectivity index (χ0n) is 10.9. The number of rotatable bonds is 4. The van der Waals surface area contributed by atoms with Crippen LogP contribution in [0.4, 0.5) is 5.69 Å². The van der Waals surface area contributed by atoms with Crippen molar-refractivity contribution in [2.24, 2.45) is 0 Å².